The molecule has 0 heterocycles. The molecule has 104 valence electrons. The fourth-order valence-electron chi connectivity index (χ4n) is 0.136. The molecule has 0 bridgehead atoms. The molecule has 0 amide bonds. The van der Waals surface area contributed by atoms with Gasteiger partial charge in [-0.25, -0.2) is 0 Å². The van der Waals surface area contributed by atoms with Gasteiger partial charge in [-0.2, -0.15) is 0 Å². The van der Waals surface area contributed by atoms with Crippen molar-refractivity contribution in [3.8, 4) is 0 Å². The smallest absolute Gasteiger partial charge is 0.781 e. The van der Waals surface area contributed by atoms with Gasteiger partial charge in [0.05, 0.1) is 0 Å². The molecule has 4 atom stereocenters. The van der Waals surface area contributed by atoms with Crippen molar-refractivity contribution in [2.45, 2.75) is 0 Å². The normalized spacial score (nSPS) is 15.6. The van der Waals surface area contributed by atoms with Crippen molar-refractivity contribution in [3.63, 3.8) is 0 Å². The van der Waals surface area contributed by atoms with Gasteiger partial charge in [-0.15, -0.1) is 0 Å². The molecule has 0 aliphatic heterocycles. The summed E-state index contributed by atoms with van der Waals surface area (Å²) in [7, 11) is -13.1. The molecule has 11 nitrogen and oxygen atoms in total. The fraction of sp³-hybridized carbons (Fsp3) is 1.00. The standard InChI is InChI=1S/CH4O.2H4O5P2.W/c1-2;2*1-6(2)5-7(3)4;/h2H,1H3;2*6-7H,(H,1,2)(H,3,4);/q;;;+4/p-4. The van der Waals surface area contributed by atoms with Crippen molar-refractivity contribution in [1.82, 2.24) is 0 Å². The Labute approximate surface area is 113 Å². The van der Waals surface area contributed by atoms with E-state index in [9.17, 15) is 37.8 Å². The summed E-state index contributed by atoms with van der Waals surface area (Å²) in [6.45, 7) is 0. The SMILES string of the molecule is CO.O=[PH]([O-])O[PH](=O)[O-].O=[PH]([O-])O[PH](=O)[O-].[W+4]. The molecule has 0 aliphatic rings. The van der Waals surface area contributed by atoms with Gasteiger partial charge in [0.15, 0.2) is 0 Å². The molecule has 0 fully saturated rings. The van der Waals surface area contributed by atoms with Gasteiger partial charge in [0.1, 0.15) is 33.0 Å². The molecule has 17 heavy (non-hydrogen) atoms. The van der Waals surface area contributed by atoms with E-state index >= 15 is 0 Å². The zero-order chi connectivity index (χ0) is 13.7. The van der Waals surface area contributed by atoms with Crippen LogP contribution < -0.4 is 19.6 Å². The van der Waals surface area contributed by atoms with Gasteiger partial charge >= 0.3 is 21.1 Å². The third-order valence-electron chi connectivity index (χ3n) is 0.333. The van der Waals surface area contributed by atoms with Gasteiger partial charge in [0, 0.05) is 7.11 Å². The van der Waals surface area contributed by atoms with Crippen LogP contribution in [-0.2, 0) is 47.9 Å². The molecule has 0 saturated heterocycles. The van der Waals surface area contributed by atoms with Crippen molar-refractivity contribution in [1.29, 1.82) is 0 Å². The van der Waals surface area contributed by atoms with Crippen LogP contribution in [0.2, 0.25) is 0 Å². The Kier molecular flexibility index (Phi) is 31.0. The van der Waals surface area contributed by atoms with E-state index in [1.165, 1.54) is 0 Å². The number of rotatable bonds is 4. The van der Waals surface area contributed by atoms with Crippen molar-refractivity contribution in [2.24, 2.45) is 0 Å². The van der Waals surface area contributed by atoms with E-state index in [0.717, 1.165) is 7.11 Å². The average Bonchev–Trinajstić information content (AvgIpc) is 2.03. The summed E-state index contributed by atoms with van der Waals surface area (Å²) in [5, 5.41) is 7.00. The summed E-state index contributed by atoms with van der Waals surface area (Å²) in [6, 6.07) is 0. The van der Waals surface area contributed by atoms with E-state index in [2.05, 4.69) is 8.62 Å². The molecule has 0 radical (unpaired) electrons. The third kappa shape index (κ3) is 46.8. The quantitative estimate of drug-likeness (QED) is 0.375. The van der Waals surface area contributed by atoms with E-state index < -0.39 is 33.0 Å². The van der Waals surface area contributed by atoms with E-state index in [1.807, 2.05) is 0 Å². The van der Waals surface area contributed by atoms with Crippen LogP contribution in [0.15, 0.2) is 0 Å². The Morgan fingerprint density at radius 2 is 0.824 bits per heavy atom. The first-order chi connectivity index (χ1) is 7.25. The summed E-state index contributed by atoms with van der Waals surface area (Å²) in [5.41, 5.74) is 0. The van der Waals surface area contributed by atoms with Crippen LogP contribution in [0.5, 0.6) is 0 Å². The minimum Gasteiger partial charge on any atom is -0.781 e. The third-order valence-corrected chi connectivity index (χ3v) is 3.00. The summed E-state index contributed by atoms with van der Waals surface area (Å²) in [5.74, 6) is 0. The number of aliphatic hydroxyl groups excluding tert-OH is 1. The Balaban J connectivity index is -0.0000000823. The van der Waals surface area contributed by atoms with Crippen molar-refractivity contribution in [3.05, 3.63) is 0 Å². The van der Waals surface area contributed by atoms with Crippen molar-refractivity contribution >= 4 is 33.0 Å². The molecule has 0 aliphatic carbocycles. The molecule has 0 spiro atoms. The minimum atomic E-state index is -3.51. The molecule has 4 unspecified atom stereocenters. The minimum absolute atomic E-state index is 0. The molecule has 0 rings (SSSR count). The van der Waals surface area contributed by atoms with Crippen molar-refractivity contribution in [2.75, 3.05) is 7.11 Å². The predicted octanol–water partition coefficient (Wildman–Crippen LogP) is -3.39. The van der Waals surface area contributed by atoms with E-state index in [-0.39, 0.29) is 21.1 Å². The van der Waals surface area contributed by atoms with Crippen molar-refractivity contribution < 1.29 is 72.6 Å². The molecule has 0 aromatic carbocycles. The van der Waals surface area contributed by atoms with Crippen LogP contribution in [0.25, 0.3) is 0 Å². The van der Waals surface area contributed by atoms with E-state index in [1.54, 1.807) is 0 Å². The Hall–Kier alpha value is 1.33. The zero-order valence-corrected chi connectivity index (χ0v) is 14.9. The molecule has 0 saturated carbocycles. The second-order valence-corrected chi connectivity index (χ2v) is 4.84. The first-order valence-electron chi connectivity index (χ1n) is 2.90. The summed E-state index contributed by atoms with van der Waals surface area (Å²) < 4.78 is 43.6. The maximum Gasteiger partial charge on any atom is 4.00 e. The first kappa shape index (κ1) is 26.8. The average molecular weight is 504 g/mol. The Morgan fingerprint density at radius 3 is 0.824 bits per heavy atom. The molecular weight excluding hydrogens is 496 g/mol. The van der Waals surface area contributed by atoms with Gasteiger partial charge in [-0.05, 0) is 0 Å². The van der Waals surface area contributed by atoms with Crippen LogP contribution in [-0.4, -0.2) is 12.2 Å². The summed E-state index contributed by atoms with van der Waals surface area (Å²) in [6.07, 6.45) is 0. The zero-order valence-electron chi connectivity index (χ0n) is 7.94. The summed E-state index contributed by atoms with van der Waals surface area (Å²) in [4.78, 5) is 37.1. The first-order valence-corrected chi connectivity index (χ1v) is 7.80. The maximum absolute atomic E-state index is 9.29. The molecule has 1 N–H and O–H groups in total. The summed E-state index contributed by atoms with van der Waals surface area (Å²) >= 11 is 0. The number of aliphatic hydroxyl groups is 1. The van der Waals surface area contributed by atoms with Crippen LogP contribution in [0.1, 0.15) is 0 Å². The second kappa shape index (κ2) is 19.7. The van der Waals surface area contributed by atoms with Gasteiger partial charge in [0.2, 0.25) is 0 Å². The van der Waals surface area contributed by atoms with Gasteiger partial charge in [-0.1, -0.05) is 0 Å². The molecule has 0 aromatic rings. The molecule has 0 aromatic heterocycles. The van der Waals surface area contributed by atoms with Crippen LogP contribution >= 0.6 is 33.0 Å². The molecular formula is CH8O11P4W. The van der Waals surface area contributed by atoms with Crippen LogP contribution in [0, 0.1) is 0 Å². The van der Waals surface area contributed by atoms with E-state index in [4.69, 9.17) is 5.11 Å². The predicted molar refractivity (Wildman–Crippen MR) is 46.3 cm³/mol. The largest absolute Gasteiger partial charge is 4.00 e. The fourth-order valence-corrected chi connectivity index (χ4v) is 1.22. The topological polar surface area (TPSA) is 199 Å². The van der Waals surface area contributed by atoms with Crippen LogP contribution in [0.4, 0.5) is 0 Å². The van der Waals surface area contributed by atoms with Crippen LogP contribution in [0.3, 0.4) is 0 Å². The van der Waals surface area contributed by atoms with Gasteiger partial charge in [-0.3, -0.25) is 8.62 Å². The van der Waals surface area contributed by atoms with Gasteiger partial charge < -0.3 is 42.9 Å². The number of hydrogen-bond donors (Lipinski definition) is 1. The van der Waals surface area contributed by atoms with Gasteiger partial charge in [0.25, 0.3) is 0 Å². The Bertz CT molecular complexity index is 202. The maximum atomic E-state index is 9.29. The monoisotopic (exact) mass is 504 g/mol. The van der Waals surface area contributed by atoms with E-state index in [0.29, 0.717) is 0 Å². The number of hydrogen-bond acceptors (Lipinski definition) is 11. The molecule has 16 heteroatoms. The second-order valence-electron chi connectivity index (χ2n) is 1.20. The Morgan fingerprint density at radius 1 is 0.706 bits per heavy atom.